The molecule has 0 aliphatic heterocycles. The van der Waals surface area contributed by atoms with E-state index >= 15 is 0 Å². The lowest BCUT2D eigenvalue weighted by Crippen LogP contribution is -2.38. The Bertz CT molecular complexity index is 517. The van der Waals surface area contributed by atoms with Crippen molar-refractivity contribution in [1.82, 2.24) is 5.32 Å². The maximum Gasteiger partial charge on any atom is 0.306 e. The quantitative estimate of drug-likeness (QED) is 0.327. The van der Waals surface area contributed by atoms with Gasteiger partial charge in [-0.1, -0.05) is 0 Å². The van der Waals surface area contributed by atoms with E-state index < -0.39 is 23.2 Å². The number of aldehydes is 1. The second kappa shape index (κ2) is 9.09. The number of nitrogens with one attached hydrogen (secondary N) is 1. The van der Waals surface area contributed by atoms with Crippen molar-refractivity contribution in [2.75, 3.05) is 13.7 Å². The van der Waals surface area contributed by atoms with Gasteiger partial charge in [-0.05, 0) is 31.2 Å². The number of amides is 1. The summed E-state index contributed by atoms with van der Waals surface area (Å²) in [5, 5.41) is 1.80. The zero-order valence-corrected chi connectivity index (χ0v) is 13.3. The Hall–Kier alpha value is -2.02. The zero-order valence-electron chi connectivity index (χ0n) is 12.4. The van der Waals surface area contributed by atoms with Gasteiger partial charge in [-0.2, -0.15) is 12.6 Å². The molecule has 1 aromatic carbocycles. The van der Waals surface area contributed by atoms with Crippen LogP contribution in [-0.2, 0) is 14.3 Å². The summed E-state index contributed by atoms with van der Waals surface area (Å²) in [5.74, 6) is -1.02. The van der Waals surface area contributed by atoms with Gasteiger partial charge >= 0.3 is 5.97 Å². The van der Waals surface area contributed by atoms with Gasteiger partial charge in [0.25, 0.3) is 5.91 Å². The van der Waals surface area contributed by atoms with Crippen LogP contribution in [0.4, 0.5) is 0 Å². The molecule has 0 spiro atoms. The molecule has 0 aromatic heterocycles. The molecule has 0 fully saturated rings. The number of methoxy groups -OCH3 is 1. The molecule has 0 aliphatic rings. The first-order valence-corrected chi connectivity index (χ1v) is 7.27. The molecule has 120 valence electrons. The summed E-state index contributed by atoms with van der Waals surface area (Å²) in [5.41, 5.74) is 0.403. The fraction of sp³-hybridized carbons (Fsp3) is 0.400. The second-order valence-corrected chi connectivity index (χ2v) is 5.01. The predicted molar refractivity (Wildman–Crippen MR) is 84.0 cm³/mol. The Morgan fingerprint density at radius 1 is 1.32 bits per heavy atom. The molecular weight excluding hydrogens is 306 g/mol. The molecule has 1 aromatic rings. The number of benzene rings is 1. The summed E-state index contributed by atoms with van der Waals surface area (Å²) in [4.78, 5) is 34.5. The minimum atomic E-state index is -0.781. The highest BCUT2D eigenvalue weighted by Gasteiger charge is 2.23. The van der Waals surface area contributed by atoms with E-state index in [0.29, 0.717) is 17.6 Å². The normalized spacial score (nSPS) is 12.9. The molecule has 7 heteroatoms. The van der Waals surface area contributed by atoms with Crippen molar-refractivity contribution < 1.29 is 23.9 Å². The molecule has 2 atom stereocenters. The van der Waals surface area contributed by atoms with Gasteiger partial charge in [0.05, 0.1) is 31.4 Å². The van der Waals surface area contributed by atoms with Gasteiger partial charge in [-0.3, -0.25) is 9.59 Å². The third kappa shape index (κ3) is 5.40. The predicted octanol–water partition coefficient (Wildman–Crippen LogP) is 1.45. The molecule has 2 unspecified atom stereocenters. The first-order chi connectivity index (χ1) is 10.5. The number of carbonyl (C=O) groups is 3. The van der Waals surface area contributed by atoms with Crippen LogP contribution in [0.5, 0.6) is 5.75 Å². The molecule has 1 rings (SSSR count). The van der Waals surface area contributed by atoms with Crippen LogP contribution in [0.15, 0.2) is 24.3 Å². The van der Waals surface area contributed by atoms with Gasteiger partial charge in [0.15, 0.2) is 0 Å². The average Bonchev–Trinajstić information content (AvgIpc) is 2.52. The van der Waals surface area contributed by atoms with E-state index in [2.05, 4.69) is 17.9 Å². The van der Waals surface area contributed by atoms with Crippen LogP contribution >= 0.6 is 12.6 Å². The van der Waals surface area contributed by atoms with E-state index in [1.54, 1.807) is 31.2 Å². The lowest BCUT2D eigenvalue weighted by atomic mass is 10.1. The minimum Gasteiger partial charge on any atom is -0.497 e. The maximum absolute atomic E-state index is 12.1. The Labute approximate surface area is 134 Å². The highest BCUT2D eigenvalue weighted by atomic mass is 32.1. The maximum atomic E-state index is 12.1. The lowest BCUT2D eigenvalue weighted by molar-refractivity contribution is -0.145. The van der Waals surface area contributed by atoms with Crippen LogP contribution in [0.1, 0.15) is 23.7 Å². The number of ether oxygens (including phenoxy) is 2. The number of hydrogen-bond acceptors (Lipinski definition) is 6. The van der Waals surface area contributed by atoms with Crippen LogP contribution in [0.25, 0.3) is 0 Å². The average molecular weight is 325 g/mol. The molecule has 0 bridgehead atoms. The van der Waals surface area contributed by atoms with Crippen LogP contribution in [0.2, 0.25) is 0 Å². The Balaban J connectivity index is 2.63. The van der Waals surface area contributed by atoms with Gasteiger partial charge in [0, 0.05) is 5.56 Å². The third-order valence-corrected chi connectivity index (χ3v) is 3.43. The van der Waals surface area contributed by atoms with E-state index in [-0.39, 0.29) is 13.0 Å². The molecule has 0 heterocycles. The summed E-state index contributed by atoms with van der Waals surface area (Å²) in [6.45, 7) is 1.91. The zero-order chi connectivity index (χ0) is 16.5. The molecule has 0 aliphatic carbocycles. The molecule has 1 amide bonds. The van der Waals surface area contributed by atoms with Gasteiger partial charge in [-0.15, -0.1) is 0 Å². The second-order valence-electron chi connectivity index (χ2n) is 4.46. The van der Waals surface area contributed by atoms with Crippen LogP contribution in [-0.4, -0.2) is 37.3 Å². The topological polar surface area (TPSA) is 81.7 Å². The van der Waals surface area contributed by atoms with Gasteiger partial charge < -0.3 is 19.6 Å². The molecule has 22 heavy (non-hydrogen) atoms. The highest BCUT2D eigenvalue weighted by Crippen LogP contribution is 2.14. The van der Waals surface area contributed by atoms with Gasteiger partial charge in [0.1, 0.15) is 12.0 Å². The van der Waals surface area contributed by atoms with Crippen molar-refractivity contribution in [3.05, 3.63) is 29.8 Å². The minimum absolute atomic E-state index is 0.131. The fourth-order valence-corrected chi connectivity index (χ4v) is 2.01. The number of rotatable bonds is 8. The van der Waals surface area contributed by atoms with Crippen molar-refractivity contribution >= 4 is 30.8 Å². The molecular formula is C15H19NO5S. The molecule has 1 N–H and O–H groups in total. The van der Waals surface area contributed by atoms with Crippen molar-refractivity contribution in [2.45, 2.75) is 18.7 Å². The highest BCUT2D eigenvalue weighted by molar-refractivity contribution is 7.81. The van der Waals surface area contributed by atoms with Crippen molar-refractivity contribution in [3.63, 3.8) is 0 Å². The van der Waals surface area contributed by atoms with Crippen molar-refractivity contribution in [1.29, 1.82) is 0 Å². The monoisotopic (exact) mass is 325 g/mol. The van der Waals surface area contributed by atoms with E-state index in [9.17, 15) is 14.4 Å². The van der Waals surface area contributed by atoms with Gasteiger partial charge in [0.2, 0.25) is 0 Å². The van der Waals surface area contributed by atoms with Gasteiger partial charge in [-0.25, -0.2) is 0 Å². The van der Waals surface area contributed by atoms with E-state index in [1.807, 2.05) is 0 Å². The van der Waals surface area contributed by atoms with E-state index in [4.69, 9.17) is 9.47 Å². The summed E-state index contributed by atoms with van der Waals surface area (Å²) < 4.78 is 9.79. The standard InChI is InChI=1S/C15H19NO5S/c1-3-21-13(18)8-11(9-17)15(22)16-14(19)10-4-6-12(20-2)7-5-10/h4-7,9,11,15,22H,3,8H2,1-2H3,(H,16,19). The van der Waals surface area contributed by atoms with Crippen LogP contribution in [0, 0.1) is 5.92 Å². The number of esters is 1. The molecule has 0 radical (unpaired) electrons. The molecule has 0 saturated heterocycles. The Kier molecular flexibility index (Phi) is 7.45. The largest absolute Gasteiger partial charge is 0.497 e. The molecule has 0 saturated carbocycles. The van der Waals surface area contributed by atoms with Crippen LogP contribution in [0.3, 0.4) is 0 Å². The molecule has 6 nitrogen and oxygen atoms in total. The Morgan fingerprint density at radius 3 is 2.45 bits per heavy atom. The fourth-order valence-electron chi connectivity index (χ4n) is 1.71. The Morgan fingerprint density at radius 2 is 1.95 bits per heavy atom. The number of hydrogen-bond donors (Lipinski definition) is 2. The number of carbonyl (C=O) groups excluding carboxylic acids is 3. The van der Waals surface area contributed by atoms with E-state index in [0.717, 1.165) is 0 Å². The van der Waals surface area contributed by atoms with Crippen LogP contribution < -0.4 is 10.1 Å². The summed E-state index contributed by atoms with van der Waals surface area (Å²) in [6.07, 6.45) is 0.456. The number of thiol groups is 1. The summed E-state index contributed by atoms with van der Waals surface area (Å²) in [6, 6.07) is 6.49. The first kappa shape index (κ1) is 18.0. The SMILES string of the molecule is CCOC(=O)CC(C=O)C(S)NC(=O)c1ccc(OC)cc1. The van der Waals surface area contributed by atoms with Crippen molar-refractivity contribution in [3.8, 4) is 5.75 Å². The summed E-state index contributed by atoms with van der Waals surface area (Å²) >= 11 is 4.18. The lowest BCUT2D eigenvalue weighted by Gasteiger charge is -2.18. The van der Waals surface area contributed by atoms with E-state index in [1.165, 1.54) is 7.11 Å². The smallest absolute Gasteiger partial charge is 0.306 e. The summed E-state index contributed by atoms with van der Waals surface area (Å²) in [7, 11) is 1.53. The third-order valence-electron chi connectivity index (χ3n) is 2.92. The first-order valence-electron chi connectivity index (χ1n) is 6.75. The van der Waals surface area contributed by atoms with Crippen molar-refractivity contribution in [2.24, 2.45) is 5.92 Å².